The Balaban J connectivity index is 2.83. The Morgan fingerprint density at radius 2 is 2.08 bits per heavy atom. The highest BCUT2D eigenvalue weighted by Crippen LogP contribution is 2.30. The summed E-state index contributed by atoms with van der Waals surface area (Å²) in [4.78, 5) is 10.9. The molecule has 0 N–H and O–H groups in total. The van der Waals surface area contributed by atoms with Crippen LogP contribution in [0.2, 0.25) is 0 Å². The van der Waals surface area contributed by atoms with Gasteiger partial charge in [0, 0.05) is 17.1 Å². The van der Waals surface area contributed by atoms with E-state index < -0.39 is 15.1 Å². The average Bonchev–Trinajstić information content (AvgIpc) is 1.77. The fourth-order valence-electron chi connectivity index (χ4n) is 1.21. The predicted molar refractivity (Wildman–Crippen MR) is 44.9 cm³/mol. The molecule has 0 saturated carbocycles. The highest BCUT2D eigenvalue weighted by Gasteiger charge is 2.44. The average molecular weight is 212 g/mol. The summed E-state index contributed by atoms with van der Waals surface area (Å²) in [6.07, 6.45) is 0.281. The molecule has 1 saturated heterocycles. The topological polar surface area (TPSA) is 54.5 Å². The van der Waals surface area contributed by atoms with Gasteiger partial charge in [0.15, 0.2) is 0 Å². The van der Waals surface area contributed by atoms with Crippen LogP contribution in [0, 0.1) is 5.92 Å². The quantitative estimate of drug-likeness (QED) is 0.500. The summed E-state index contributed by atoms with van der Waals surface area (Å²) in [7, 11) is 1.19. The first-order valence-corrected chi connectivity index (χ1v) is 5.87. The first-order chi connectivity index (χ1) is 5.34. The molecule has 6 heteroatoms. The van der Waals surface area contributed by atoms with Crippen molar-refractivity contribution in [2.75, 3.05) is 0 Å². The Labute approximate surface area is 76.0 Å². The minimum atomic E-state index is -3.85. The van der Waals surface area contributed by atoms with Crippen molar-refractivity contribution in [2.24, 2.45) is 5.92 Å². The van der Waals surface area contributed by atoms with Gasteiger partial charge < -0.3 is 0 Å². The molecule has 12 heavy (non-hydrogen) atoms. The van der Waals surface area contributed by atoms with Gasteiger partial charge in [0.05, 0.1) is 6.04 Å². The first kappa shape index (κ1) is 9.80. The molecular weight excluding hydrogens is 202 g/mol. The summed E-state index contributed by atoms with van der Waals surface area (Å²) < 4.78 is 22.4. The summed E-state index contributed by atoms with van der Waals surface area (Å²) in [5.74, 6) is -0.292. The summed E-state index contributed by atoms with van der Waals surface area (Å²) >= 11 is 0. The Morgan fingerprint density at radius 3 is 2.25 bits per heavy atom. The van der Waals surface area contributed by atoms with Gasteiger partial charge in [-0.3, -0.25) is 4.79 Å². The Morgan fingerprint density at radius 1 is 1.58 bits per heavy atom. The lowest BCUT2D eigenvalue weighted by atomic mass is 9.94. The monoisotopic (exact) mass is 211 g/mol. The van der Waals surface area contributed by atoms with E-state index in [4.69, 9.17) is 10.7 Å². The highest BCUT2D eigenvalue weighted by molar-refractivity contribution is 8.12. The summed E-state index contributed by atoms with van der Waals surface area (Å²) in [5.41, 5.74) is 0. The van der Waals surface area contributed by atoms with Crippen molar-refractivity contribution in [3.63, 3.8) is 0 Å². The minimum Gasteiger partial charge on any atom is -0.274 e. The number of β-lactam (4-membered cyclic amide) rings is 1. The van der Waals surface area contributed by atoms with Gasteiger partial charge >= 0.3 is 9.24 Å². The van der Waals surface area contributed by atoms with E-state index in [1.54, 1.807) is 0 Å². The second-order valence-electron chi connectivity index (χ2n) is 3.15. The molecule has 0 radical (unpaired) electrons. The fraction of sp³-hybridized carbons (Fsp3) is 0.833. The lowest BCUT2D eigenvalue weighted by molar-refractivity contribution is -0.139. The number of rotatable bonds is 2. The summed E-state index contributed by atoms with van der Waals surface area (Å²) in [5, 5.41) is 0. The van der Waals surface area contributed by atoms with Crippen LogP contribution in [0.25, 0.3) is 0 Å². The normalized spacial score (nSPS) is 24.5. The van der Waals surface area contributed by atoms with Gasteiger partial charge in [0.1, 0.15) is 0 Å². The van der Waals surface area contributed by atoms with Crippen LogP contribution in [0.4, 0.5) is 0 Å². The van der Waals surface area contributed by atoms with Gasteiger partial charge in [-0.15, -0.1) is 0 Å². The fourth-order valence-corrected chi connectivity index (χ4v) is 2.71. The molecule has 1 atom stereocenters. The SMILES string of the molecule is CC(C)C1CC(=O)N1S(=O)(=O)Cl. The Hall–Kier alpha value is -0.290. The van der Waals surface area contributed by atoms with E-state index in [1.165, 1.54) is 0 Å². The van der Waals surface area contributed by atoms with Crippen LogP contribution in [0.3, 0.4) is 0 Å². The van der Waals surface area contributed by atoms with Crippen LogP contribution in [-0.2, 0) is 14.0 Å². The van der Waals surface area contributed by atoms with Crippen LogP contribution in [0.15, 0.2) is 0 Å². The van der Waals surface area contributed by atoms with Crippen LogP contribution in [0.5, 0.6) is 0 Å². The number of carbonyl (C=O) groups excluding carboxylic acids is 1. The van der Waals surface area contributed by atoms with Crippen LogP contribution < -0.4 is 0 Å². The molecule has 0 bridgehead atoms. The lowest BCUT2D eigenvalue weighted by Crippen LogP contribution is -2.56. The van der Waals surface area contributed by atoms with Gasteiger partial charge in [-0.1, -0.05) is 13.8 Å². The third-order valence-electron chi connectivity index (χ3n) is 1.94. The number of halogens is 1. The van der Waals surface area contributed by atoms with E-state index in [2.05, 4.69) is 0 Å². The number of amides is 1. The second-order valence-corrected chi connectivity index (χ2v) is 5.53. The molecule has 1 fully saturated rings. The number of nitrogens with zero attached hydrogens (tertiary/aromatic N) is 1. The van der Waals surface area contributed by atoms with E-state index in [0.29, 0.717) is 0 Å². The van der Waals surface area contributed by atoms with Crippen molar-refractivity contribution < 1.29 is 13.2 Å². The number of carbonyl (C=O) groups is 1. The van der Waals surface area contributed by atoms with Crippen molar-refractivity contribution in [1.82, 2.24) is 4.31 Å². The van der Waals surface area contributed by atoms with Gasteiger partial charge in [0.25, 0.3) is 0 Å². The molecule has 0 aromatic rings. The van der Waals surface area contributed by atoms with Crippen LogP contribution in [-0.4, -0.2) is 24.7 Å². The van der Waals surface area contributed by atoms with E-state index in [9.17, 15) is 13.2 Å². The standard InChI is InChI=1S/C6H10ClNO3S/c1-4(2)5-3-6(9)8(5)12(7,10)11/h4-5H,3H2,1-2H3. The molecule has 4 nitrogen and oxygen atoms in total. The second kappa shape index (κ2) is 2.88. The summed E-state index contributed by atoms with van der Waals surface area (Å²) in [6, 6.07) is -0.250. The van der Waals surface area contributed by atoms with E-state index in [0.717, 1.165) is 4.31 Å². The molecule has 1 heterocycles. The molecule has 0 aromatic heterocycles. The zero-order valence-corrected chi connectivity index (χ0v) is 8.39. The van der Waals surface area contributed by atoms with Gasteiger partial charge in [-0.05, 0) is 5.92 Å². The molecule has 1 unspecified atom stereocenters. The third kappa shape index (κ3) is 1.56. The Bertz CT molecular complexity index is 298. The van der Waals surface area contributed by atoms with Crippen molar-refractivity contribution in [3.8, 4) is 0 Å². The van der Waals surface area contributed by atoms with Crippen molar-refractivity contribution in [3.05, 3.63) is 0 Å². The molecule has 0 aliphatic carbocycles. The molecule has 70 valence electrons. The zero-order valence-electron chi connectivity index (χ0n) is 6.82. The van der Waals surface area contributed by atoms with Crippen molar-refractivity contribution in [2.45, 2.75) is 26.3 Å². The number of hydrogen-bond donors (Lipinski definition) is 0. The smallest absolute Gasteiger partial charge is 0.274 e. The minimum absolute atomic E-state index is 0.122. The van der Waals surface area contributed by atoms with Crippen LogP contribution in [0.1, 0.15) is 20.3 Å². The van der Waals surface area contributed by atoms with Gasteiger partial charge in [-0.25, -0.2) is 4.31 Å². The van der Waals surface area contributed by atoms with E-state index in [1.807, 2.05) is 13.8 Å². The Kier molecular flexibility index (Phi) is 2.35. The molecule has 0 spiro atoms. The zero-order chi connectivity index (χ0) is 9.52. The summed E-state index contributed by atoms with van der Waals surface area (Å²) in [6.45, 7) is 3.71. The molecular formula is C6H10ClNO3S. The molecule has 1 rings (SSSR count). The third-order valence-corrected chi connectivity index (χ3v) is 3.33. The molecule has 1 aliphatic rings. The maximum atomic E-state index is 10.9. The molecule has 1 aliphatic heterocycles. The van der Waals surface area contributed by atoms with Crippen LogP contribution >= 0.6 is 10.7 Å². The highest BCUT2D eigenvalue weighted by atomic mass is 35.7. The van der Waals surface area contributed by atoms with Gasteiger partial charge in [-0.2, -0.15) is 8.42 Å². The van der Waals surface area contributed by atoms with E-state index >= 15 is 0 Å². The number of hydrogen-bond acceptors (Lipinski definition) is 3. The van der Waals surface area contributed by atoms with Crippen molar-refractivity contribution >= 4 is 25.8 Å². The maximum Gasteiger partial charge on any atom is 0.324 e. The van der Waals surface area contributed by atoms with E-state index in [-0.39, 0.29) is 18.4 Å². The predicted octanol–water partition coefficient (Wildman–Crippen LogP) is 0.727. The lowest BCUT2D eigenvalue weighted by Gasteiger charge is -2.39. The van der Waals surface area contributed by atoms with Crippen molar-refractivity contribution in [1.29, 1.82) is 0 Å². The largest absolute Gasteiger partial charge is 0.324 e. The first-order valence-electron chi connectivity index (χ1n) is 3.61. The molecule has 0 aromatic carbocycles. The van der Waals surface area contributed by atoms with Gasteiger partial charge in [0.2, 0.25) is 5.91 Å². The molecule has 1 amide bonds. The maximum absolute atomic E-state index is 10.9.